The summed E-state index contributed by atoms with van der Waals surface area (Å²) in [4.78, 5) is 13.7. The highest BCUT2D eigenvalue weighted by atomic mass is 16.7. The second-order valence-electron chi connectivity index (χ2n) is 10.6. The third-order valence-electron chi connectivity index (χ3n) is 8.04. The topological polar surface area (TPSA) is 44.8 Å². The largest absolute Gasteiger partial charge is 0.492 e. The van der Waals surface area contributed by atoms with Gasteiger partial charge in [-0.25, -0.2) is 0 Å². The zero-order chi connectivity index (χ0) is 22.6. The molecule has 0 saturated heterocycles. The van der Waals surface area contributed by atoms with Crippen LogP contribution in [0.1, 0.15) is 94.2 Å². The van der Waals surface area contributed by atoms with Crippen LogP contribution in [-0.2, 0) is 11.2 Å². The summed E-state index contributed by atoms with van der Waals surface area (Å²) in [6, 6.07) is 2.21. The first-order chi connectivity index (χ1) is 15.5. The standard InChI is InChI=1S/C27H42NO4/c1-28(2)16-15-21-17-24-26(32-19-31-24)27(30-3)25(21)22(28)18-23(29)20-13-11-9-7-5-4-6-8-10-12-14-20/h17,20,22H,4-16,18-19H2,1-3H3/q+1/t22-/m1/s1. The summed E-state index contributed by atoms with van der Waals surface area (Å²) in [5.74, 6) is 2.91. The second kappa shape index (κ2) is 10.5. The quantitative estimate of drug-likeness (QED) is 0.536. The number of carbonyl (C=O) groups is 1. The molecule has 0 amide bonds. The number of methoxy groups -OCH3 is 1. The zero-order valence-electron chi connectivity index (χ0n) is 20.4. The fourth-order valence-corrected chi connectivity index (χ4v) is 5.96. The van der Waals surface area contributed by atoms with E-state index in [0.717, 1.165) is 47.4 Å². The molecule has 2 aliphatic heterocycles. The normalized spacial score (nSPS) is 24.2. The smallest absolute Gasteiger partial charge is 0.231 e. The van der Waals surface area contributed by atoms with Crippen LogP contribution < -0.4 is 14.2 Å². The van der Waals surface area contributed by atoms with Crippen molar-refractivity contribution in [3.05, 3.63) is 17.2 Å². The lowest BCUT2D eigenvalue weighted by atomic mass is 9.82. The molecule has 1 aliphatic carbocycles. The SMILES string of the molecule is COc1c2c(cc3c1[C@@H](CC(=O)C1CCCCCCCCCCC1)[N+](C)(C)CC3)OCO2. The summed E-state index contributed by atoms with van der Waals surface area (Å²) in [5, 5.41) is 0. The highest BCUT2D eigenvalue weighted by molar-refractivity contribution is 5.82. The first-order valence-electron chi connectivity index (χ1n) is 12.9. The molecule has 0 unspecified atom stereocenters. The Balaban J connectivity index is 1.56. The van der Waals surface area contributed by atoms with E-state index in [1.807, 2.05) is 0 Å². The molecule has 1 aromatic rings. The van der Waals surface area contributed by atoms with E-state index >= 15 is 0 Å². The number of ketones is 1. The number of carbonyl (C=O) groups excluding carboxylic acids is 1. The lowest BCUT2D eigenvalue weighted by Crippen LogP contribution is -2.49. The van der Waals surface area contributed by atoms with Gasteiger partial charge in [0.1, 0.15) is 11.8 Å². The van der Waals surface area contributed by atoms with Gasteiger partial charge in [-0.1, -0.05) is 57.8 Å². The van der Waals surface area contributed by atoms with Crippen LogP contribution in [0.4, 0.5) is 0 Å². The number of hydrogen-bond acceptors (Lipinski definition) is 4. The van der Waals surface area contributed by atoms with Crippen LogP contribution in [0.5, 0.6) is 17.2 Å². The number of quaternary nitrogens is 1. The molecular formula is C27H42NO4+. The molecule has 0 N–H and O–H groups in total. The van der Waals surface area contributed by atoms with E-state index in [9.17, 15) is 4.79 Å². The molecule has 3 aliphatic rings. The Morgan fingerprint density at radius 2 is 1.62 bits per heavy atom. The van der Waals surface area contributed by atoms with Crippen molar-refractivity contribution in [1.29, 1.82) is 0 Å². The van der Waals surface area contributed by atoms with Gasteiger partial charge in [-0.2, -0.15) is 0 Å². The third kappa shape index (κ3) is 5.08. The molecule has 1 saturated carbocycles. The van der Waals surface area contributed by atoms with Crippen LogP contribution in [0.2, 0.25) is 0 Å². The number of benzene rings is 1. The summed E-state index contributed by atoms with van der Waals surface area (Å²) >= 11 is 0. The van der Waals surface area contributed by atoms with Crippen LogP contribution in [0, 0.1) is 5.92 Å². The Bertz CT molecular complexity index is 791. The summed E-state index contributed by atoms with van der Waals surface area (Å²) in [5.41, 5.74) is 2.41. The Morgan fingerprint density at radius 1 is 1.00 bits per heavy atom. The Kier molecular flexibility index (Phi) is 7.65. The van der Waals surface area contributed by atoms with Gasteiger partial charge in [0.25, 0.3) is 0 Å². The van der Waals surface area contributed by atoms with Gasteiger partial charge >= 0.3 is 0 Å². The molecule has 2 heterocycles. The van der Waals surface area contributed by atoms with Crippen LogP contribution in [0.25, 0.3) is 0 Å². The van der Waals surface area contributed by atoms with Gasteiger partial charge < -0.3 is 18.7 Å². The molecule has 0 aromatic heterocycles. The molecule has 1 aromatic carbocycles. The molecule has 0 spiro atoms. The number of Topliss-reactive ketones (excluding diaryl/α,β-unsaturated/α-hetero) is 1. The van der Waals surface area contributed by atoms with Gasteiger partial charge in [-0.05, 0) is 24.5 Å². The molecule has 0 radical (unpaired) electrons. The minimum atomic E-state index is 0.0945. The molecule has 4 rings (SSSR count). The zero-order valence-corrected chi connectivity index (χ0v) is 20.4. The van der Waals surface area contributed by atoms with E-state index in [-0.39, 0.29) is 18.8 Å². The lowest BCUT2D eigenvalue weighted by molar-refractivity contribution is -0.922. The van der Waals surface area contributed by atoms with E-state index in [1.165, 1.54) is 63.4 Å². The molecule has 5 heteroatoms. The molecule has 178 valence electrons. The van der Waals surface area contributed by atoms with Crippen LogP contribution in [0.3, 0.4) is 0 Å². The number of hydrogen-bond donors (Lipinski definition) is 0. The Labute approximate surface area is 194 Å². The number of fused-ring (bicyclic) bond motifs is 2. The van der Waals surface area contributed by atoms with Crippen molar-refractivity contribution in [3.63, 3.8) is 0 Å². The Hall–Kier alpha value is -1.75. The second-order valence-corrected chi connectivity index (χ2v) is 10.6. The third-order valence-corrected chi connectivity index (χ3v) is 8.04. The number of likely N-dealkylation sites (N-methyl/N-ethyl adjacent to an activating group) is 1. The summed E-state index contributed by atoms with van der Waals surface area (Å²) in [6.07, 6.45) is 15.4. The van der Waals surface area contributed by atoms with E-state index in [0.29, 0.717) is 18.0 Å². The van der Waals surface area contributed by atoms with Gasteiger partial charge in [0.15, 0.2) is 11.5 Å². The molecule has 1 atom stereocenters. The molecule has 0 bridgehead atoms. The highest BCUT2D eigenvalue weighted by Crippen LogP contribution is 2.51. The van der Waals surface area contributed by atoms with Crippen LogP contribution >= 0.6 is 0 Å². The van der Waals surface area contributed by atoms with Gasteiger partial charge in [0.2, 0.25) is 12.5 Å². The molecule has 5 nitrogen and oxygen atoms in total. The van der Waals surface area contributed by atoms with Crippen molar-refractivity contribution in [3.8, 4) is 17.2 Å². The Morgan fingerprint density at radius 3 is 2.25 bits per heavy atom. The van der Waals surface area contributed by atoms with Crippen LogP contribution in [-0.4, -0.2) is 44.8 Å². The fourth-order valence-electron chi connectivity index (χ4n) is 5.96. The number of nitrogens with zero attached hydrogens (tertiary/aromatic N) is 1. The minimum Gasteiger partial charge on any atom is -0.492 e. The molecule has 32 heavy (non-hydrogen) atoms. The maximum absolute atomic E-state index is 13.7. The van der Waals surface area contributed by atoms with E-state index < -0.39 is 0 Å². The maximum Gasteiger partial charge on any atom is 0.231 e. The summed E-state index contributed by atoms with van der Waals surface area (Å²) in [6.45, 7) is 1.25. The predicted molar refractivity (Wildman–Crippen MR) is 126 cm³/mol. The average molecular weight is 445 g/mol. The van der Waals surface area contributed by atoms with Crippen LogP contribution in [0.15, 0.2) is 6.07 Å². The van der Waals surface area contributed by atoms with Crippen molar-refractivity contribution in [1.82, 2.24) is 0 Å². The van der Waals surface area contributed by atoms with Crippen molar-refractivity contribution in [2.24, 2.45) is 5.92 Å². The average Bonchev–Trinajstić information content (AvgIpc) is 3.23. The number of rotatable bonds is 4. The number of ether oxygens (including phenoxy) is 3. The van der Waals surface area contributed by atoms with Crippen molar-refractivity contribution < 1.29 is 23.5 Å². The first-order valence-corrected chi connectivity index (χ1v) is 12.9. The molecular weight excluding hydrogens is 402 g/mol. The van der Waals surface area contributed by atoms with Gasteiger partial charge in [-0.15, -0.1) is 0 Å². The maximum atomic E-state index is 13.7. The molecule has 1 fully saturated rings. The van der Waals surface area contributed by atoms with Gasteiger partial charge in [-0.3, -0.25) is 4.79 Å². The van der Waals surface area contributed by atoms with E-state index in [2.05, 4.69) is 20.2 Å². The minimum absolute atomic E-state index is 0.0945. The van der Waals surface area contributed by atoms with E-state index in [4.69, 9.17) is 14.2 Å². The lowest BCUT2D eigenvalue weighted by Gasteiger charge is -2.43. The van der Waals surface area contributed by atoms with Gasteiger partial charge in [0, 0.05) is 12.3 Å². The summed E-state index contributed by atoms with van der Waals surface area (Å²) in [7, 11) is 6.22. The first kappa shape index (κ1) is 23.4. The van der Waals surface area contributed by atoms with Crippen molar-refractivity contribution in [2.45, 2.75) is 89.5 Å². The van der Waals surface area contributed by atoms with Crippen molar-refractivity contribution >= 4 is 5.78 Å². The van der Waals surface area contributed by atoms with Crippen molar-refractivity contribution in [2.75, 3.05) is 34.5 Å². The van der Waals surface area contributed by atoms with Gasteiger partial charge in [0.05, 0.1) is 39.7 Å². The predicted octanol–water partition coefficient (Wildman–Crippen LogP) is 5.98. The van der Waals surface area contributed by atoms with E-state index in [1.54, 1.807) is 7.11 Å². The summed E-state index contributed by atoms with van der Waals surface area (Å²) < 4.78 is 18.1. The monoisotopic (exact) mass is 444 g/mol. The fraction of sp³-hybridized carbons (Fsp3) is 0.741. The highest BCUT2D eigenvalue weighted by Gasteiger charge is 2.42.